The molecule has 1 aromatic carbocycles. The highest BCUT2D eigenvalue weighted by Crippen LogP contribution is 2.27. The lowest BCUT2D eigenvalue weighted by Crippen LogP contribution is -2.44. The van der Waals surface area contributed by atoms with E-state index in [0.717, 1.165) is 37.8 Å². The van der Waals surface area contributed by atoms with Crippen LogP contribution in [0.4, 0.5) is 4.39 Å². The van der Waals surface area contributed by atoms with Crippen molar-refractivity contribution in [2.45, 2.75) is 50.7 Å². The maximum absolute atomic E-state index is 13.4. The number of rotatable bonds is 4. The van der Waals surface area contributed by atoms with E-state index in [-0.39, 0.29) is 29.8 Å². The van der Waals surface area contributed by atoms with Crippen molar-refractivity contribution in [3.05, 3.63) is 35.6 Å². The van der Waals surface area contributed by atoms with Crippen molar-refractivity contribution in [1.82, 2.24) is 9.80 Å². The van der Waals surface area contributed by atoms with Crippen LogP contribution >= 0.6 is 0 Å². The first-order chi connectivity index (χ1) is 12.1. The molecule has 25 heavy (non-hydrogen) atoms. The Kier molecular flexibility index (Phi) is 5.68. The molecule has 2 fully saturated rings. The number of carbonyl (C=O) groups excluding carboxylic acids is 2. The lowest BCUT2D eigenvalue weighted by Gasteiger charge is -2.31. The van der Waals surface area contributed by atoms with Crippen LogP contribution in [0.15, 0.2) is 24.3 Å². The van der Waals surface area contributed by atoms with Crippen LogP contribution in [-0.2, 0) is 20.9 Å². The van der Waals surface area contributed by atoms with Crippen LogP contribution in [0.2, 0.25) is 0 Å². The summed E-state index contributed by atoms with van der Waals surface area (Å²) >= 11 is 0. The van der Waals surface area contributed by atoms with Gasteiger partial charge in [-0.15, -0.1) is 0 Å². The highest BCUT2D eigenvalue weighted by Gasteiger charge is 2.37. The molecule has 0 aliphatic carbocycles. The Morgan fingerprint density at radius 2 is 2.12 bits per heavy atom. The Labute approximate surface area is 147 Å². The maximum Gasteiger partial charge on any atom is 0.323 e. The number of likely N-dealkylation sites (tertiary alicyclic amines) is 2. The second kappa shape index (κ2) is 7.95. The van der Waals surface area contributed by atoms with Crippen molar-refractivity contribution in [3.63, 3.8) is 0 Å². The Morgan fingerprint density at radius 1 is 1.28 bits per heavy atom. The molecule has 2 aliphatic heterocycles. The highest BCUT2D eigenvalue weighted by atomic mass is 19.1. The molecular weight excluding hydrogens is 323 g/mol. The van der Waals surface area contributed by atoms with Gasteiger partial charge in [0.1, 0.15) is 11.9 Å². The molecule has 6 heteroatoms. The summed E-state index contributed by atoms with van der Waals surface area (Å²) in [6.07, 6.45) is 3.85. The summed E-state index contributed by atoms with van der Waals surface area (Å²) < 4.78 is 18.3. The lowest BCUT2D eigenvalue weighted by molar-refractivity contribution is -0.146. The summed E-state index contributed by atoms with van der Waals surface area (Å²) in [5.41, 5.74) is 0.806. The number of esters is 1. The summed E-state index contributed by atoms with van der Waals surface area (Å²) in [6, 6.07) is 6.42. The van der Waals surface area contributed by atoms with E-state index in [0.29, 0.717) is 19.5 Å². The van der Waals surface area contributed by atoms with Crippen LogP contribution in [-0.4, -0.2) is 54.0 Å². The van der Waals surface area contributed by atoms with Gasteiger partial charge in [0.05, 0.1) is 7.11 Å². The zero-order chi connectivity index (χ0) is 17.8. The lowest BCUT2D eigenvalue weighted by atomic mass is 10.1. The highest BCUT2D eigenvalue weighted by molar-refractivity contribution is 5.77. The number of amides is 1. The third-order valence-corrected chi connectivity index (χ3v) is 5.28. The largest absolute Gasteiger partial charge is 0.468 e. The second-order valence-corrected chi connectivity index (χ2v) is 6.85. The topological polar surface area (TPSA) is 49.9 Å². The smallest absolute Gasteiger partial charge is 0.323 e. The number of ether oxygens (including phenoxy) is 1. The van der Waals surface area contributed by atoms with Crippen molar-refractivity contribution in [2.75, 3.05) is 20.2 Å². The van der Waals surface area contributed by atoms with E-state index in [4.69, 9.17) is 4.74 Å². The first kappa shape index (κ1) is 17.9. The van der Waals surface area contributed by atoms with Crippen molar-refractivity contribution in [3.8, 4) is 0 Å². The molecule has 0 bridgehead atoms. The van der Waals surface area contributed by atoms with Gasteiger partial charge in [-0.05, 0) is 49.9 Å². The number of halogens is 1. The van der Waals surface area contributed by atoms with Crippen molar-refractivity contribution < 1.29 is 18.7 Å². The monoisotopic (exact) mass is 348 g/mol. The van der Waals surface area contributed by atoms with Gasteiger partial charge in [-0.2, -0.15) is 0 Å². The fourth-order valence-corrected chi connectivity index (χ4v) is 3.99. The minimum Gasteiger partial charge on any atom is -0.468 e. The molecule has 2 atom stereocenters. The summed E-state index contributed by atoms with van der Waals surface area (Å²) in [4.78, 5) is 28.5. The summed E-state index contributed by atoms with van der Waals surface area (Å²) in [6.45, 7) is 1.94. The van der Waals surface area contributed by atoms with Gasteiger partial charge >= 0.3 is 5.97 Å². The molecule has 2 aliphatic rings. The second-order valence-electron chi connectivity index (χ2n) is 6.85. The van der Waals surface area contributed by atoms with Crippen LogP contribution in [0.1, 0.15) is 37.7 Å². The molecule has 3 rings (SSSR count). The number of methoxy groups -OCH3 is 1. The number of hydrogen-bond donors (Lipinski definition) is 0. The molecule has 0 unspecified atom stereocenters. The molecule has 1 aromatic rings. The SMILES string of the molecule is COC(=O)[C@@H]1CCCN1[C@H]1CCC(=O)N(Cc2cccc(F)c2)CC1. The number of nitrogens with zero attached hydrogens (tertiary/aromatic N) is 2. The standard InChI is InChI=1S/C19H25FN2O3/c1-25-19(24)17-6-3-10-22(17)16-7-8-18(23)21(11-9-16)13-14-4-2-5-15(20)12-14/h2,4-5,12,16-17H,3,6-11,13H2,1H3/t16-,17-/m0/s1. The zero-order valence-corrected chi connectivity index (χ0v) is 14.6. The average Bonchev–Trinajstić information content (AvgIpc) is 3.02. The predicted octanol–water partition coefficient (Wildman–Crippen LogP) is 2.34. The first-order valence-electron chi connectivity index (χ1n) is 8.94. The third-order valence-electron chi connectivity index (χ3n) is 5.28. The van der Waals surface area contributed by atoms with Crippen LogP contribution in [0.25, 0.3) is 0 Å². The maximum atomic E-state index is 13.4. The Bertz CT molecular complexity index is 637. The third kappa shape index (κ3) is 4.18. The fraction of sp³-hybridized carbons (Fsp3) is 0.579. The van der Waals surface area contributed by atoms with Gasteiger partial charge in [0.15, 0.2) is 0 Å². The Morgan fingerprint density at radius 3 is 2.88 bits per heavy atom. The van der Waals surface area contributed by atoms with E-state index in [2.05, 4.69) is 4.90 Å². The molecule has 5 nitrogen and oxygen atoms in total. The minimum atomic E-state index is -0.282. The van der Waals surface area contributed by atoms with Gasteiger partial charge in [0, 0.05) is 25.6 Å². The van der Waals surface area contributed by atoms with E-state index in [1.165, 1.54) is 19.2 Å². The molecule has 2 saturated heterocycles. The molecule has 0 radical (unpaired) electrons. The molecule has 1 amide bonds. The Hall–Kier alpha value is -1.95. The van der Waals surface area contributed by atoms with E-state index >= 15 is 0 Å². The number of hydrogen-bond acceptors (Lipinski definition) is 4. The van der Waals surface area contributed by atoms with E-state index < -0.39 is 0 Å². The van der Waals surface area contributed by atoms with Crippen molar-refractivity contribution >= 4 is 11.9 Å². The van der Waals surface area contributed by atoms with Crippen molar-refractivity contribution in [1.29, 1.82) is 0 Å². The predicted molar refractivity (Wildman–Crippen MR) is 91.2 cm³/mol. The van der Waals surface area contributed by atoms with E-state index in [9.17, 15) is 14.0 Å². The van der Waals surface area contributed by atoms with Gasteiger partial charge in [0.2, 0.25) is 5.91 Å². The quantitative estimate of drug-likeness (QED) is 0.784. The van der Waals surface area contributed by atoms with Gasteiger partial charge in [-0.3, -0.25) is 14.5 Å². The fourth-order valence-electron chi connectivity index (χ4n) is 3.99. The zero-order valence-electron chi connectivity index (χ0n) is 14.6. The van der Waals surface area contributed by atoms with Gasteiger partial charge < -0.3 is 9.64 Å². The summed E-state index contributed by atoms with van der Waals surface area (Å²) in [5, 5.41) is 0. The molecule has 0 saturated carbocycles. The molecule has 0 N–H and O–H groups in total. The van der Waals surface area contributed by atoms with Gasteiger partial charge in [-0.1, -0.05) is 12.1 Å². The van der Waals surface area contributed by atoms with Crippen LogP contribution < -0.4 is 0 Å². The average molecular weight is 348 g/mol. The van der Waals surface area contributed by atoms with Crippen LogP contribution in [0.5, 0.6) is 0 Å². The minimum absolute atomic E-state index is 0.0978. The summed E-state index contributed by atoms with van der Waals surface area (Å²) in [5.74, 6) is -0.360. The molecule has 0 spiro atoms. The number of carbonyl (C=O) groups is 2. The van der Waals surface area contributed by atoms with Gasteiger partial charge in [-0.25, -0.2) is 4.39 Å². The van der Waals surface area contributed by atoms with Crippen LogP contribution in [0, 0.1) is 5.82 Å². The van der Waals surface area contributed by atoms with E-state index in [1.807, 2.05) is 6.07 Å². The van der Waals surface area contributed by atoms with E-state index in [1.54, 1.807) is 11.0 Å². The van der Waals surface area contributed by atoms with Crippen molar-refractivity contribution in [2.24, 2.45) is 0 Å². The number of benzene rings is 1. The van der Waals surface area contributed by atoms with Crippen LogP contribution in [0.3, 0.4) is 0 Å². The van der Waals surface area contributed by atoms with Gasteiger partial charge in [0.25, 0.3) is 0 Å². The normalized spacial score (nSPS) is 25.0. The molecular formula is C19H25FN2O3. The summed E-state index contributed by atoms with van der Waals surface area (Å²) in [7, 11) is 1.43. The first-order valence-corrected chi connectivity index (χ1v) is 8.94. The molecule has 2 heterocycles. The Balaban J connectivity index is 1.64. The molecule has 0 aromatic heterocycles. The molecule has 136 valence electrons.